The maximum absolute atomic E-state index is 13.6. The molecule has 9 heteroatoms. The van der Waals surface area contributed by atoms with Gasteiger partial charge in [-0.05, 0) is 55.3 Å². The van der Waals surface area contributed by atoms with Crippen LogP contribution in [0, 0.1) is 12.7 Å². The second-order valence-electron chi connectivity index (χ2n) is 9.79. The number of amides is 1. The molecule has 0 unspecified atom stereocenters. The molecule has 0 atom stereocenters. The average molecular weight is 532 g/mol. The second-order valence-corrected chi connectivity index (χ2v) is 9.79. The molecule has 0 N–H and O–H groups in total. The first kappa shape index (κ1) is 26.6. The summed E-state index contributed by atoms with van der Waals surface area (Å²) in [7, 11) is 1.65. The van der Waals surface area contributed by atoms with Crippen molar-refractivity contribution in [3.8, 4) is 5.75 Å². The normalized spacial score (nSPS) is 13.6. The monoisotopic (exact) mass is 531 g/mol. The second kappa shape index (κ2) is 12.3. The van der Waals surface area contributed by atoms with Gasteiger partial charge in [0.25, 0.3) is 0 Å². The Morgan fingerprint density at radius 2 is 1.90 bits per heavy atom. The first-order valence-electron chi connectivity index (χ1n) is 13.3. The highest BCUT2D eigenvalue weighted by atomic mass is 19.1. The number of fused-ring (bicyclic) bond motifs is 1. The number of hydrogen-bond acceptors (Lipinski definition) is 6. The van der Waals surface area contributed by atoms with Gasteiger partial charge in [0, 0.05) is 62.4 Å². The average Bonchev–Trinajstić information content (AvgIpc) is 3.39. The van der Waals surface area contributed by atoms with E-state index in [1.165, 1.54) is 12.1 Å². The number of pyridine rings is 1. The van der Waals surface area contributed by atoms with E-state index in [0.29, 0.717) is 45.7 Å². The van der Waals surface area contributed by atoms with Crippen LogP contribution in [0.1, 0.15) is 23.2 Å². The number of benzene rings is 2. The number of hydrogen-bond donors (Lipinski definition) is 0. The fraction of sp³-hybridized carbons (Fsp3) is 0.367. The summed E-state index contributed by atoms with van der Waals surface area (Å²) in [6.45, 7) is 6.09. The van der Waals surface area contributed by atoms with E-state index in [-0.39, 0.29) is 11.7 Å². The number of anilines is 1. The lowest BCUT2D eigenvalue weighted by Gasteiger charge is -2.31. The summed E-state index contributed by atoms with van der Waals surface area (Å²) in [4.78, 5) is 22.7. The number of nitrogens with zero attached hydrogens (tertiary/aromatic N) is 5. The third-order valence-corrected chi connectivity index (χ3v) is 7.02. The van der Waals surface area contributed by atoms with Crippen LogP contribution in [-0.4, -0.2) is 65.5 Å². The van der Waals surface area contributed by atoms with Gasteiger partial charge in [-0.2, -0.15) is 5.10 Å². The van der Waals surface area contributed by atoms with Gasteiger partial charge >= 0.3 is 0 Å². The SMILES string of the molecule is COc1ccc2cc(CN(CCc3ccc(F)cc3)C(=O)CCn3ccc(C)n3)c(N3CCOCC3)nc2c1. The molecule has 2 aromatic carbocycles. The molecule has 1 amide bonds. The number of methoxy groups -OCH3 is 1. The molecule has 0 aliphatic carbocycles. The van der Waals surface area contributed by atoms with Crippen LogP contribution in [0.2, 0.25) is 0 Å². The molecule has 0 bridgehead atoms. The van der Waals surface area contributed by atoms with E-state index in [9.17, 15) is 9.18 Å². The van der Waals surface area contributed by atoms with E-state index in [1.807, 2.05) is 42.3 Å². The molecule has 8 nitrogen and oxygen atoms in total. The molecule has 204 valence electrons. The lowest BCUT2D eigenvalue weighted by molar-refractivity contribution is -0.132. The minimum absolute atomic E-state index is 0.0352. The topological polar surface area (TPSA) is 72.7 Å². The van der Waals surface area contributed by atoms with Crippen molar-refractivity contribution in [2.24, 2.45) is 0 Å². The predicted molar refractivity (Wildman–Crippen MR) is 148 cm³/mol. The Morgan fingerprint density at radius 3 is 2.62 bits per heavy atom. The van der Waals surface area contributed by atoms with E-state index < -0.39 is 0 Å². The number of aromatic nitrogens is 3. The molecule has 1 saturated heterocycles. The molecule has 0 saturated carbocycles. The summed E-state index contributed by atoms with van der Waals surface area (Å²) in [5, 5.41) is 5.41. The van der Waals surface area contributed by atoms with Gasteiger partial charge in [-0.3, -0.25) is 9.48 Å². The highest BCUT2D eigenvalue weighted by molar-refractivity contribution is 5.84. The van der Waals surface area contributed by atoms with Crippen molar-refractivity contribution >= 4 is 22.6 Å². The quantitative estimate of drug-likeness (QED) is 0.302. The van der Waals surface area contributed by atoms with E-state index >= 15 is 0 Å². The Balaban J connectivity index is 1.44. The molecule has 1 aliphatic rings. The third kappa shape index (κ3) is 6.72. The van der Waals surface area contributed by atoms with Crippen LogP contribution in [0.25, 0.3) is 10.9 Å². The number of morpholine rings is 1. The van der Waals surface area contributed by atoms with Crippen LogP contribution in [0.15, 0.2) is 60.8 Å². The van der Waals surface area contributed by atoms with Crippen molar-refractivity contribution in [1.82, 2.24) is 19.7 Å². The van der Waals surface area contributed by atoms with Gasteiger partial charge in [-0.25, -0.2) is 9.37 Å². The molecule has 1 aliphatic heterocycles. The summed E-state index contributed by atoms with van der Waals surface area (Å²) >= 11 is 0. The fourth-order valence-electron chi connectivity index (χ4n) is 4.84. The van der Waals surface area contributed by atoms with Crippen molar-refractivity contribution < 1.29 is 18.7 Å². The lowest BCUT2D eigenvalue weighted by Crippen LogP contribution is -2.38. The first-order valence-corrected chi connectivity index (χ1v) is 13.3. The Bertz CT molecular complexity index is 1420. The Hall–Kier alpha value is -3.98. The van der Waals surface area contributed by atoms with E-state index in [2.05, 4.69) is 16.1 Å². The highest BCUT2D eigenvalue weighted by Crippen LogP contribution is 2.28. The molecular formula is C30H34FN5O3. The van der Waals surface area contributed by atoms with Crippen LogP contribution < -0.4 is 9.64 Å². The summed E-state index contributed by atoms with van der Waals surface area (Å²) < 4.78 is 26.3. The maximum atomic E-state index is 13.6. The first-order chi connectivity index (χ1) is 19.0. The number of carbonyl (C=O) groups is 1. The van der Waals surface area contributed by atoms with Gasteiger partial charge < -0.3 is 19.3 Å². The zero-order valence-electron chi connectivity index (χ0n) is 22.5. The van der Waals surface area contributed by atoms with Gasteiger partial charge in [-0.15, -0.1) is 0 Å². The van der Waals surface area contributed by atoms with Crippen molar-refractivity contribution in [2.75, 3.05) is 44.9 Å². The minimum atomic E-state index is -0.268. The van der Waals surface area contributed by atoms with E-state index in [1.54, 1.807) is 23.9 Å². The number of ether oxygens (including phenoxy) is 2. The van der Waals surface area contributed by atoms with Crippen LogP contribution in [-0.2, 0) is 29.0 Å². The smallest absolute Gasteiger partial charge is 0.224 e. The van der Waals surface area contributed by atoms with Gasteiger partial charge in [0.15, 0.2) is 0 Å². The fourth-order valence-corrected chi connectivity index (χ4v) is 4.84. The molecule has 3 heterocycles. The van der Waals surface area contributed by atoms with Crippen LogP contribution in [0.4, 0.5) is 10.2 Å². The standard InChI is InChI=1S/C30H34FN5O3/c1-22-9-13-36(33-22)14-11-29(37)35(12-10-23-3-6-26(31)7-4-23)21-25-19-24-5-8-27(38-2)20-28(24)32-30(25)34-15-17-39-18-16-34/h3-9,13,19-20H,10-12,14-18,21H2,1-2H3. The largest absolute Gasteiger partial charge is 0.497 e. The third-order valence-electron chi connectivity index (χ3n) is 7.02. The Kier molecular flexibility index (Phi) is 8.36. The minimum Gasteiger partial charge on any atom is -0.497 e. The summed E-state index contributed by atoms with van der Waals surface area (Å²) in [5.41, 5.74) is 3.73. The van der Waals surface area contributed by atoms with Crippen LogP contribution >= 0.6 is 0 Å². The van der Waals surface area contributed by atoms with Gasteiger partial charge in [0.1, 0.15) is 17.4 Å². The Labute approximate surface area is 228 Å². The van der Waals surface area contributed by atoms with Crippen LogP contribution in [0.3, 0.4) is 0 Å². The molecule has 0 spiro atoms. The molecular weight excluding hydrogens is 497 g/mol. The van der Waals surface area contributed by atoms with Crippen LogP contribution in [0.5, 0.6) is 5.75 Å². The number of aryl methyl sites for hydroxylation is 2. The molecule has 5 rings (SSSR count). The molecule has 2 aromatic heterocycles. The zero-order valence-corrected chi connectivity index (χ0v) is 22.5. The highest BCUT2D eigenvalue weighted by Gasteiger charge is 2.22. The van der Waals surface area contributed by atoms with Gasteiger partial charge in [-0.1, -0.05) is 12.1 Å². The van der Waals surface area contributed by atoms with E-state index in [0.717, 1.165) is 52.4 Å². The molecule has 0 radical (unpaired) electrons. The molecule has 4 aromatic rings. The number of rotatable bonds is 10. The zero-order chi connectivity index (χ0) is 27.2. The van der Waals surface area contributed by atoms with E-state index in [4.69, 9.17) is 14.5 Å². The summed E-state index contributed by atoms with van der Waals surface area (Å²) in [5.74, 6) is 1.38. The number of carbonyl (C=O) groups excluding carboxylic acids is 1. The maximum Gasteiger partial charge on any atom is 0.224 e. The summed E-state index contributed by atoms with van der Waals surface area (Å²) in [6, 6.07) is 16.4. The van der Waals surface area contributed by atoms with Crippen molar-refractivity contribution in [3.63, 3.8) is 0 Å². The van der Waals surface area contributed by atoms with Crippen molar-refractivity contribution in [1.29, 1.82) is 0 Å². The Morgan fingerprint density at radius 1 is 1.10 bits per heavy atom. The molecule has 39 heavy (non-hydrogen) atoms. The van der Waals surface area contributed by atoms with Gasteiger partial charge in [0.2, 0.25) is 5.91 Å². The molecule has 1 fully saturated rings. The number of halogens is 1. The van der Waals surface area contributed by atoms with Gasteiger partial charge in [0.05, 0.1) is 31.5 Å². The predicted octanol–water partition coefficient (Wildman–Crippen LogP) is 4.39. The summed E-state index contributed by atoms with van der Waals surface area (Å²) in [6.07, 6.45) is 2.84. The van der Waals surface area contributed by atoms with Crippen molar-refractivity contribution in [3.05, 3.63) is 83.4 Å². The lowest BCUT2D eigenvalue weighted by atomic mass is 10.1. The van der Waals surface area contributed by atoms with Crippen molar-refractivity contribution in [2.45, 2.75) is 32.9 Å².